The fourth-order valence-electron chi connectivity index (χ4n) is 3.08. The summed E-state index contributed by atoms with van der Waals surface area (Å²) < 4.78 is 6.78. The first-order valence-electron chi connectivity index (χ1n) is 8.87. The summed E-state index contributed by atoms with van der Waals surface area (Å²) in [6, 6.07) is 20.9. The maximum atomic E-state index is 12.5. The maximum Gasteiger partial charge on any atom is 0.238 e. The number of carbonyl (C=O) groups is 1. The Morgan fingerprint density at radius 2 is 1.66 bits per heavy atom. The van der Waals surface area contributed by atoms with Gasteiger partial charge in [0.25, 0.3) is 0 Å². The van der Waals surface area contributed by atoms with Gasteiger partial charge in [-0.2, -0.15) is 0 Å². The fraction of sp³-hybridized carbons (Fsp3) is 0.136. The average Bonchev–Trinajstić information content (AvgIpc) is 3.10. The van der Waals surface area contributed by atoms with Crippen molar-refractivity contribution in [3.05, 3.63) is 92.4 Å². The molecule has 0 N–H and O–H groups in total. The minimum absolute atomic E-state index is 0.0847. The van der Waals surface area contributed by atoms with Crippen LogP contribution in [0.3, 0.4) is 0 Å². The molecule has 3 aromatic rings. The topological polar surface area (TPSA) is 29.5 Å². The molecule has 1 fully saturated rings. The van der Waals surface area contributed by atoms with Gasteiger partial charge in [-0.05, 0) is 75.6 Å². The summed E-state index contributed by atoms with van der Waals surface area (Å²) in [6.07, 6.45) is 0. The molecule has 148 valence electrons. The van der Waals surface area contributed by atoms with Crippen LogP contribution in [-0.4, -0.2) is 11.7 Å². The molecule has 0 aromatic heterocycles. The van der Waals surface area contributed by atoms with E-state index in [2.05, 4.69) is 15.9 Å². The second-order valence-corrected chi connectivity index (χ2v) is 9.30. The summed E-state index contributed by atoms with van der Waals surface area (Å²) in [5.74, 6) is 1.28. The minimum Gasteiger partial charge on any atom is -0.488 e. The Morgan fingerprint density at radius 1 is 1.00 bits per heavy atom. The molecule has 0 aliphatic carbocycles. The molecule has 1 amide bonds. The number of halogens is 3. The van der Waals surface area contributed by atoms with Crippen LogP contribution in [0.5, 0.6) is 5.75 Å². The number of nitrogens with zero attached hydrogens (tertiary/aromatic N) is 1. The number of benzene rings is 3. The Hall–Kier alpha value is -1.66. The van der Waals surface area contributed by atoms with Crippen LogP contribution in [-0.2, 0) is 11.4 Å². The molecule has 1 heterocycles. The van der Waals surface area contributed by atoms with E-state index in [0.717, 1.165) is 27.0 Å². The molecule has 1 aliphatic heterocycles. The Balaban J connectivity index is 1.52. The van der Waals surface area contributed by atoms with E-state index in [9.17, 15) is 4.79 Å². The molecule has 3 aromatic carbocycles. The highest BCUT2D eigenvalue weighted by Gasteiger charge is 2.34. The SMILES string of the molecule is O=C1CS[C@@H](c2ccc(OCc3ccc(Cl)cc3)c(Br)c2)N1c1ccc(Cl)cc1. The predicted octanol–water partition coefficient (Wildman–Crippen LogP) is 7.11. The third-order valence-corrected chi connectivity index (χ3v) is 6.86. The Bertz CT molecular complexity index is 1030. The molecule has 7 heteroatoms. The molecule has 1 saturated heterocycles. The molecule has 0 spiro atoms. The van der Waals surface area contributed by atoms with Gasteiger partial charge < -0.3 is 4.74 Å². The van der Waals surface area contributed by atoms with E-state index >= 15 is 0 Å². The van der Waals surface area contributed by atoms with E-state index in [1.807, 2.05) is 59.5 Å². The quantitative estimate of drug-likeness (QED) is 0.367. The largest absolute Gasteiger partial charge is 0.488 e. The van der Waals surface area contributed by atoms with Crippen molar-refractivity contribution in [2.75, 3.05) is 10.7 Å². The number of thioether (sulfide) groups is 1. The molecule has 1 aliphatic rings. The van der Waals surface area contributed by atoms with Crippen LogP contribution in [0.25, 0.3) is 0 Å². The highest BCUT2D eigenvalue weighted by atomic mass is 79.9. The maximum absolute atomic E-state index is 12.5. The van der Waals surface area contributed by atoms with Crippen molar-refractivity contribution >= 4 is 62.5 Å². The lowest BCUT2D eigenvalue weighted by Gasteiger charge is -2.25. The number of anilines is 1. The van der Waals surface area contributed by atoms with Crippen LogP contribution < -0.4 is 9.64 Å². The van der Waals surface area contributed by atoms with Crippen molar-refractivity contribution in [1.29, 1.82) is 0 Å². The molecule has 0 unspecified atom stereocenters. The summed E-state index contributed by atoms with van der Waals surface area (Å²) in [4.78, 5) is 14.3. The van der Waals surface area contributed by atoms with Gasteiger partial charge in [0.15, 0.2) is 0 Å². The third-order valence-electron chi connectivity index (χ3n) is 4.52. The second kappa shape index (κ2) is 9.00. The summed E-state index contributed by atoms with van der Waals surface area (Å²) >= 11 is 17.1. The molecule has 3 nitrogen and oxygen atoms in total. The molecule has 0 saturated carbocycles. The molecular formula is C22H16BrCl2NO2S. The summed E-state index contributed by atoms with van der Waals surface area (Å²) in [6.45, 7) is 0.447. The fourth-order valence-corrected chi connectivity index (χ4v) is 5.01. The van der Waals surface area contributed by atoms with E-state index < -0.39 is 0 Å². The zero-order valence-corrected chi connectivity index (χ0v) is 19.1. The van der Waals surface area contributed by atoms with Gasteiger partial charge in [-0.15, -0.1) is 11.8 Å². The van der Waals surface area contributed by atoms with Crippen molar-refractivity contribution in [3.63, 3.8) is 0 Å². The van der Waals surface area contributed by atoms with Crippen LogP contribution in [0.15, 0.2) is 71.2 Å². The summed E-state index contributed by atoms with van der Waals surface area (Å²) in [7, 11) is 0. The second-order valence-electron chi connectivity index (χ2n) is 6.51. The highest BCUT2D eigenvalue weighted by Crippen LogP contribution is 2.43. The predicted molar refractivity (Wildman–Crippen MR) is 124 cm³/mol. The lowest BCUT2D eigenvalue weighted by molar-refractivity contribution is -0.115. The molecule has 4 rings (SSSR count). The van der Waals surface area contributed by atoms with Crippen LogP contribution in [0, 0.1) is 0 Å². The van der Waals surface area contributed by atoms with Gasteiger partial charge >= 0.3 is 0 Å². The normalized spacial score (nSPS) is 16.3. The van der Waals surface area contributed by atoms with Crippen molar-refractivity contribution in [2.45, 2.75) is 12.0 Å². The number of rotatable bonds is 5. The molecule has 0 bridgehead atoms. The number of amides is 1. The van der Waals surface area contributed by atoms with Crippen molar-refractivity contribution in [3.8, 4) is 5.75 Å². The van der Waals surface area contributed by atoms with Gasteiger partial charge in [0.1, 0.15) is 17.7 Å². The highest BCUT2D eigenvalue weighted by molar-refractivity contribution is 9.10. The minimum atomic E-state index is -0.0923. The monoisotopic (exact) mass is 507 g/mol. The van der Waals surface area contributed by atoms with Gasteiger partial charge in [-0.3, -0.25) is 9.69 Å². The lowest BCUT2D eigenvalue weighted by Crippen LogP contribution is -2.27. The van der Waals surface area contributed by atoms with Gasteiger partial charge in [0.2, 0.25) is 5.91 Å². The molecular weight excluding hydrogens is 493 g/mol. The van der Waals surface area contributed by atoms with Crippen molar-refractivity contribution in [1.82, 2.24) is 0 Å². The van der Waals surface area contributed by atoms with E-state index in [4.69, 9.17) is 27.9 Å². The zero-order valence-electron chi connectivity index (χ0n) is 15.1. The van der Waals surface area contributed by atoms with Crippen LogP contribution in [0.1, 0.15) is 16.5 Å². The molecule has 29 heavy (non-hydrogen) atoms. The number of hydrogen-bond donors (Lipinski definition) is 0. The van der Waals surface area contributed by atoms with Crippen molar-refractivity contribution < 1.29 is 9.53 Å². The van der Waals surface area contributed by atoms with Crippen LogP contribution >= 0.6 is 50.9 Å². The van der Waals surface area contributed by atoms with Crippen molar-refractivity contribution in [2.24, 2.45) is 0 Å². The Morgan fingerprint density at radius 3 is 2.31 bits per heavy atom. The first-order chi connectivity index (χ1) is 14.0. The standard InChI is InChI=1S/C22H16BrCl2NO2S/c23-19-11-15(3-10-20(19)28-12-14-1-4-16(24)5-2-14)22-26(21(27)13-29-22)18-8-6-17(25)7-9-18/h1-11,22H,12-13H2/t22-/m0/s1. The Kier molecular flexibility index (Phi) is 6.40. The smallest absolute Gasteiger partial charge is 0.238 e. The number of ether oxygens (including phenoxy) is 1. The van der Waals surface area contributed by atoms with Gasteiger partial charge in [0, 0.05) is 15.7 Å². The van der Waals surface area contributed by atoms with Crippen LogP contribution in [0.2, 0.25) is 10.0 Å². The van der Waals surface area contributed by atoms with E-state index in [1.165, 1.54) is 0 Å². The van der Waals surface area contributed by atoms with Gasteiger partial charge in [0.05, 0.1) is 10.2 Å². The number of hydrogen-bond acceptors (Lipinski definition) is 3. The average molecular weight is 509 g/mol. The van der Waals surface area contributed by atoms with Gasteiger partial charge in [-0.1, -0.05) is 41.4 Å². The third kappa shape index (κ3) is 4.75. The van der Waals surface area contributed by atoms with Gasteiger partial charge in [-0.25, -0.2) is 0 Å². The molecule has 1 atom stereocenters. The Labute approximate surface area is 192 Å². The summed E-state index contributed by atoms with van der Waals surface area (Å²) in [5.41, 5.74) is 2.91. The first-order valence-corrected chi connectivity index (χ1v) is 11.5. The number of carbonyl (C=O) groups excluding carboxylic acids is 1. The molecule has 0 radical (unpaired) electrons. The van der Waals surface area contributed by atoms with Crippen LogP contribution in [0.4, 0.5) is 5.69 Å². The van der Waals surface area contributed by atoms with E-state index in [0.29, 0.717) is 22.4 Å². The lowest BCUT2D eigenvalue weighted by atomic mass is 10.1. The van der Waals surface area contributed by atoms with E-state index in [-0.39, 0.29) is 11.3 Å². The first kappa shape index (κ1) is 20.6. The van der Waals surface area contributed by atoms with E-state index in [1.54, 1.807) is 23.9 Å². The summed E-state index contributed by atoms with van der Waals surface area (Å²) in [5, 5.41) is 1.26. The zero-order chi connectivity index (χ0) is 20.4.